The van der Waals surface area contributed by atoms with E-state index in [1.165, 1.54) is 4.90 Å². The fourth-order valence-electron chi connectivity index (χ4n) is 2.52. The molecule has 2 amide bonds. The Morgan fingerprint density at radius 3 is 3.04 bits per heavy atom. The van der Waals surface area contributed by atoms with Crippen LogP contribution in [-0.2, 0) is 22.8 Å². The number of hydrogen-bond acceptors (Lipinski definition) is 7. The summed E-state index contributed by atoms with van der Waals surface area (Å²) in [5.74, 6) is 1.04. The fraction of sp³-hybridized carbons (Fsp3) is 0.500. The topological polar surface area (TPSA) is 105 Å². The molecule has 0 saturated carbocycles. The van der Waals surface area contributed by atoms with Crippen LogP contribution in [0.1, 0.15) is 23.0 Å². The van der Waals surface area contributed by atoms with E-state index in [1.807, 2.05) is 17.5 Å². The van der Waals surface area contributed by atoms with Crippen molar-refractivity contribution in [3.05, 3.63) is 34.1 Å². The van der Waals surface area contributed by atoms with E-state index in [4.69, 9.17) is 4.52 Å². The molecule has 2 aromatic heterocycles. The molecule has 130 valence electrons. The lowest BCUT2D eigenvalue weighted by atomic mass is 10.2. The molecule has 1 aliphatic rings. The van der Waals surface area contributed by atoms with Crippen molar-refractivity contribution >= 4 is 27.2 Å². The van der Waals surface area contributed by atoms with Gasteiger partial charge in [0.05, 0.1) is 24.5 Å². The number of rotatable bonds is 5. The number of aromatic nitrogens is 2. The molecule has 0 radical (unpaired) electrons. The van der Waals surface area contributed by atoms with Crippen molar-refractivity contribution in [2.75, 3.05) is 18.6 Å². The number of amides is 2. The summed E-state index contributed by atoms with van der Waals surface area (Å²) in [6.07, 6.45) is 1.04. The normalized spacial score (nSPS) is 19.3. The Hall–Kier alpha value is -1.94. The van der Waals surface area contributed by atoms with Crippen LogP contribution < -0.4 is 5.32 Å². The van der Waals surface area contributed by atoms with Gasteiger partial charge < -0.3 is 14.7 Å². The maximum atomic E-state index is 12.1. The van der Waals surface area contributed by atoms with E-state index in [9.17, 15) is 13.2 Å². The number of sulfone groups is 1. The van der Waals surface area contributed by atoms with Gasteiger partial charge in [-0.05, 0) is 17.9 Å². The molecule has 0 bridgehead atoms. The maximum Gasteiger partial charge on any atom is 0.317 e. The molecular weight excluding hydrogens is 352 g/mol. The van der Waals surface area contributed by atoms with E-state index in [-0.39, 0.29) is 30.1 Å². The predicted molar refractivity (Wildman–Crippen MR) is 88.5 cm³/mol. The van der Waals surface area contributed by atoms with E-state index in [0.29, 0.717) is 24.6 Å². The smallest absolute Gasteiger partial charge is 0.317 e. The van der Waals surface area contributed by atoms with Crippen molar-refractivity contribution in [3.8, 4) is 0 Å². The average Bonchev–Trinajstić information content (AvgIpc) is 3.26. The molecular formula is C14H18N4O4S2. The van der Waals surface area contributed by atoms with Gasteiger partial charge in [0.25, 0.3) is 0 Å². The summed E-state index contributed by atoms with van der Waals surface area (Å²) in [6, 6.07) is 3.31. The van der Waals surface area contributed by atoms with Crippen LogP contribution >= 0.6 is 11.3 Å². The van der Waals surface area contributed by atoms with Crippen LogP contribution in [0.5, 0.6) is 0 Å². The van der Waals surface area contributed by atoms with E-state index in [0.717, 1.165) is 4.88 Å². The molecule has 8 nitrogen and oxygen atoms in total. The van der Waals surface area contributed by atoms with Crippen LogP contribution in [0.2, 0.25) is 0 Å². The number of urea groups is 1. The van der Waals surface area contributed by atoms with Gasteiger partial charge in [-0.25, -0.2) is 13.2 Å². The zero-order valence-electron chi connectivity index (χ0n) is 13.1. The third-order valence-electron chi connectivity index (χ3n) is 3.89. The van der Waals surface area contributed by atoms with Gasteiger partial charge >= 0.3 is 6.03 Å². The van der Waals surface area contributed by atoms with Crippen LogP contribution in [0, 0.1) is 0 Å². The number of thiophene rings is 1. The Bertz CT molecular complexity index is 801. The van der Waals surface area contributed by atoms with Crippen LogP contribution in [0.15, 0.2) is 22.0 Å². The Balaban J connectivity index is 1.50. The summed E-state index contributed by atoms with van der Waals surface area (Å²) in [5.41, 5.74) is 0. The van der Waals surface area contributed by atoms with Crippen molar-refractivity contribution in [3.63, 3.8) is 0 Å². The summed E-state index contributed by atoms with van der Waals surface area (Å²) in [5, 5.41) is 8.50. The van der Waals surface area contributed by atoms with E-state index in [2.05, 4.69) is 15.5 Å². The van der Waals surface area contributed by atoms with Gasteiger partial charge in [0.15, 0.2) is 15.7 Å². The fourth-order valence-corrected chi connectivity index (χ4v) is 4.99. The largest absolute Gasteiger partial charge is 0.339 e. The predicted octanol–water partition coefficient (Wildman–Crippen LogP) is 1.05. The van der Waals surface area contributed by atoms with Crippen molar-refractivity contribution in [2.24, 2.45) is 0 Å². The van der Waals surface area contributed by atoms with Gasteiger partial charge in [-0.15, -0.1) is 11.3 Å². The highest BCUT2D eigenvalue weighted by Gasteiger charge is 2.32. The zero-order chi connectivity index (χ0) is 17.2. The number of nitrogens with one attached hydrogen (secondary N) is 1. The summed E-state index contributed by atoms with van der Waals surface area (Å²) in [6.45, 7) is 0.135. The molecule has 1 unspecified atom stereocenters. The molecule has 24 heavy (non-hydrogen) atoms. The Kier molecular flexibility index (Phi) is 4.86. The molecule has 1 N–H and O–H groups in total. The highest BCUT2D eigenvalue weighted by atomic mass is 32.2. The number of hydrogen-bond donors (Lipinski definition) is 1. The summed E-state index contributed by atoms with van der Waals surface area (Å²) in [7, 11) is -1.43. The van der Waals surface area contributed by atoms with Gasteiger partial charge in [0.2, 0.25) is 5.89 Å². The summed E-state index contributed by atoms with van der Waals surface area (Å²) in [4.78, 5) is 18.9. The van der Waals surface area contributed by atoms with Gasteiger partial charge in [-0.3, -0.25) is 0 Å². The second-order valence-corrected chi connectivity index (χ2v) is 8.95. The molecule has 3 heterocycles. The monoisotopic (exact) mass is 370 g/mol. The van der Waals surface area contributed by atoms with Crippen LogP contribution in [-0.4, -0.2) is 54.1 Å². The second kappa shape index (κ2) is 6.89. The number of carbonyl (C=O) groups is 1. The van der Waals surface area contributed by atoms with Crippen LogP contribution in [0.25, 0.3) is 0 Å². The highest BCUT2D eigenvalue weighted by Crippen LogP contribution is 2.16. The quantitative estimate of drug-likeness (QED) is 0.843. The minimum absolute atomic E-state index is 0.0179. The van der Waals surface area contributed by atoms with Gasteiger partial charge in [0, 0.05) is 18.0 Å². The minimum atomic E-state index is -3.02. The maximum absolute atomic E-state index is 12.1. The van der Waals surface area contributed by atoms with Crippen LogP contribution in [0.3, 0.4) is 0 Å². The molecule has 1 aliphatic heterocycles. The first-order valence-electron chi connectivity index (χ1n) is 7.48. The molecule has 0 aliphatic carbocycles. The molecule has 1 saturated heterocycles. The van der Waals surface area contributed by atoms with Crippen molar-refractivity contribution in [1.82, 2.24) is 20.4 Å². The minimum Gasteiger partial charge on any atom is -0.339 e. The Morgan fingerprint density at radius 2 is 2.38 bits per heavy atom. The van der Waals surface area contributed by atoms with Gasteiger partial charge in [-0.2, -0.15) is 4.98 Å². The Labute approximate surface area is 143 Å². The molecule has 3 rings (SSSR count). The van der Waals surface area contributed by atoms with Crippen LogP contribution in [0.4, 0.5) is 4.79 Å². The lowest BCUT2D eigenvalue weighted by Gasteiger charge is -2.23. The lowest BCUT2D eigenvalue weighted by Crippen LogP contribution is -2.44. The first-order chi connectivity index (χ1) is 11.4. The molecule has 1 fully saturated rings. The first kappa shape index (κ1) is 16.9. The van der Waals surface area contributed by atoms with E-state index >= 15 is 0 Å². The third-order valence-corrected chi connectivity index (χ3v) is 6.52. The van der Waals surface area contributed by atoms with Gasteiger partial charge in [0.1, 0.15) is 0 Å². The van der Waals surface area contributed by atoms with Crippen molar-refractivity contribution in [1.29, 1.82) is 0 Å². The second-order valence-electron chi connectivity index (χ2n) is 5.69. The van der Waals surface area contributed by atoms with Crippen molar-refractivity contribution in [2.45, 2.75) is 25.4 Å². The number of carbonyl (C=O) groups excluding carboxylic acids is 1. The van der Waals surface area contributed by atoms with E-state index in [1.54, 1.807) is 18.4 Å². The van der Waals surface area contributed by atoms with E-state index < -0.39 is 9.84 Å². The average molecular weight is 370 g/mol. The molecule has 0 aromatic carbocycles. The molecule has 1 atom stereocenters. The standard InChI is InChI=1S/C14H18N4O4S2/c1-18(10-4-6-24(20,21)9-10)14(19)15-8-12-16-13(22-17-12)7-11-3-2-5-23-11/h2-3,5,10H,4,6-9H2,1H3,(H,15,19). The number of nitrogens with zero attached hydrogens (tertiary/aromatic N) is 3. The molecule has 2 aromatic rings. The molecule has 0 spiro atoms. The van der Waals surface area contributed by atoms with Gasteiger partial charge in [-0.1, -0.05) is 11.2 Å². The first-order valence-corrected chi connectivity index (χ1v) is 10.2. The summed E-state index contributed by atoms with van der Waals surface area (Å²) >= 11 is 1.61. The van der Waals surface area contributed by atoms with Crippen molar-refractivity contribution < 1.29 is 17.7 Å². The molecule has 10 heteroatoms. The third kappa shape index (κ3) is 4.12. The summed E-state index contributed by atoms with van der Waals surface area (Å²) < 4.78 is 28.1. The SMILES string of the molecule is CN(C(=O)NCc1noc(Cc2cccs2)n1)C1CCS(=O)(=O)C1. The zero-order valence-corrected chi connectivity index (χ0v) is 14.8. The highest BCUT2D eigenvalue weighted by molar-refractivity contribution is 7.91. The lowest BCUT2D eigenvalue weighted by molar-refractivity contribution is 0.194. The Morgan fingerprint density at radius 1 is 1.54 bits per heavy atom.